The molecule has 6 heteroatoms. The SMILES string of the molecule is CCc1ccc2nc(N(Cc3ccccn3)C(=O)c3ccc(Cl)cc3)sc2c1. The van der Waals surface area contributed by atoms with Crippen LogP contribution in [0.2, 0.25) is 5.02 Å². The minimum absolute atomic E-state index is 0.128. The zero-order chi connectivity index (χ0) is 19.5. The molecular weight excluding hydrogens is 390 g/mol. The van der Waals surface area contributed by atoms with Crippen molar-refractivity contribution < 1.29 is 4.79 Å². The van der Waals surface area contributed by atoms with Gasteiger partial charge in [-0.25, -0.2) is 4.98 Å². The molecule has 2 aromatic heterocycles. The van der Waals surface area contributed by atoms with Gasteiger partial charge in [0.2, 0.25) is 0 Å². The van der Waals surface area contributed by atoms with Crippen LogP contribution in [0.1, 0.15) is 28.5 Å². The molecule has 0 aliphatic rings. The molecule has 2 heterocycles. The highest BCUT2D eigenvalue weighted by Crippen LogP contribution is 2.31. The van der Waals surface area contributed by atoms with E-state index < -0.39 is 0 Å². The number of hydrogen-bond donors (Lipinski definition) is 0. The summed E-state index contributed by atoms with van der Waals surface area (Å²) in [6, 6.07) is 18.8. The maximum atomic E-state index is 13.3. The van der Waals surface area contributed by atoms with E-state index >= 15 is 0 Å². The molecule has 0 spiro atoms. The average molecular weight is 408 g/mol. The summed E-state index contributed by atoms with van der Waals surface area (Å²) in [4.78, 5) is 24.1. The van der Waals surface area contributed by atoms with Crippen molar-refractivity contribution in [3.8, 4) is 0 Å². The number of fused-ring (bicyclic) bond motifs is 1. The van der Waals surface area contributed by atoms with Crippen LogP contribution < -0.4 is 4.90 Å². The third-order valence-electron chi connectivity index (χ3n) is 4.46. The smallest absolute Gasteiger partial charge is 0.260 e. The van der Waals surface area contributed by atoms with Gasteiger partial charge in [0.25, 0.3) is 5.91 Å². The number of benzene rings is 2. The fourth-order valence-corrected chi connectivity index (χ4v) is 4.07. The molecule has 0 N–H and O–H groups in total. The number of hydrogen-bond acceptors (Lipinski definition) is 4. The molecule has 140 valence electrons. The lowest BCUT2D eigenvalue weighted by Crippen LogP contribution is -2.30. The summed E-state index contributed by atoms with van der Waals surface area (Å²) in [6.45, 7) is 2.48. The fraction of sp³-hybridized carbons (Fsp3) is 0.136. The number of carbonyl (C=O) groups excluding carboxylic acids is 1. The van der Waals surface area contributed by atoms with E-state index in [0.29, 0.717) is 22.3 Å². The largest absolute Gasteiger partial charge is 0.278 e. The summed E-state index contributed by atoms with van der Waals surface area (Å²) in [5.41, 5.74) is 3.52. The van der Waals surface area contributed by atoms with Gasteiger partial charge in [0.05, 0.1) is 22.5 Å². The lowest BCUT2D eigenvalue weighted by Gasteiger charge is -2.19. The molecule has 4 nitrogen and oxygen atoms in total. The molecule has 4 aromatic rings. The van der Waals surface area contributed by atoms with Gasteiger partial charge in [-0.1, -0.05) is 42.0 Å². The van der Waals surface area contributed by atoms with Gasteiger partial charge in [-0.05, 0) is 60.5 Å². The Balaban J connectivity index is 1.75. The molecule has 0 fully saturated rings. The van der Waals surface area contributed by atoms with E-state index in [-0.39, 0.29) is 5.91 Å². The van der Waals surface area contributed by atoms with Crippen molar-refractivity contribution in [3.05, 3.63) is 88.7 Å². The number of pyridine rings is 1. The number of aryl methyl sites for hydroxylation is 1. The highest BCUT2D eigenvalue weighted by Gasteiger charge is 2.22. The minimum Gasteiger partial charge on any atom is -0.278 e. The van der Waals surface area contributed by atoms with Crippen molar-refractivity contribution in [2.45, 2.75) is 19.9 Å². The highest BCUT2D eigenvalue weighted by atomic mass is 35.5. The van der Waals surface area contributed by atoms with Crippen LogP contribution in [0.4, 0.5) is 5.13 Å². The standard InChI is InChI=1S/C22H18ClN3OS/c1-2-15-6-11-19-20(13-15)28-22(25-19)26(14-18-5-3-4-12-24-18)21(27)16-7-9-17(23)10-8-16/h3-13H,2,14H2,1H3. The Labute approximate surface area is 172 Å². The van der Waals surface area contributed by atoms with Gasteiger partial charge in [-0.15, -0.1) is 0 Å². The Morgan fingerprint density at radius 2 is 1.93 bits per heavy atom. The van der Waals surface area contributed by atoms with E-state index in [9.17, 15) is 4.79 Å². The topological polar surface area (TPSA) is 46.1 Å². The van der Waals surface area contributed by atoms with Gasteiger partial charge in [0.15, 0.2) is 5.13 Å². The maximum Gasteiger partial charge on any atom is 0.260 e. The molecule has 0 bridgehead atoms. The molecule has 4 rings (SSSR count). The quantitative estimate of drug-likeness (QED) is 0.423. The predicted octanol–water partition coefficient (Wildman–Crippen LogP) is 5.75. The van der Waals surface area contributed by atoms with E-state index in [1.54, 1.807) is 35.4 Å². The highest BCUT2D eigenvalue weighted by molar-refractivity contribution is 7.22. The van der Waals surface area contributed by atoms with E-state index in [1.165, 1.54) is 16.9 Å². The second kappa shape index (κ2) is 8.09. The maximum absolute atomic E-state index is 13.3. The van der Waals surface area contributed by atoms with Crippen molar-refractivity contribution in [2.24, 2.45) is 0 Å². The molecule has 28 heavy (non-hydrogen) atoms. The van der Waals surface area contributed by atoms with Crippen molar-refractivity contribution >= 4 is 44.2 Å². The number of halogens is 1. The zero-order valence-electron chi connectivity index (χ0n) is 15.3. The summed E-state index contributed by atoms with van der Waals surface area (Å²) in [6.07, 6.45) is 2.69. The van der Waals surface area contributed by atoms with Crippen molar-refractivity contribution in [3.63, 3.8) is 0 Å². The first-order valence-corrected chi connectivity index (χ1v) is 10.2. The Morgan fingerprint density at radius 1 is 1.11 bits per heavy atom. The second-order valence-corrected chi connectivity index (χ2v) is 7.82. The number of aromatic nitrogens is 2. The van der Waals surface area contributed by atoms with E-state index in [2.05, 4.69) is 24.0 Å². The normalized spacial score (nSPS) is 10.9. The summed E-state index contributed by atoms with van der Waals surface area (Å²) in [5, 5.41) is 1.26. The first-order chi connectivity index (χ1) is 13.6. The van der Waals surface area contributed by atoms with Gasteiger partial charge < -0.3 is 0 Å². The molecule has 2 aromatic carbocycles. The number of carbonyl (C=O) groups is 1. The van der Waals surface area contributed by atoms with Gasteiger partial charge in [-0.2, -0.15) is 0 Å². The van der Waals surface area contributed by atoms with Crippen LogP contribution in [0.3, 0.4) is 0 Å². The number of amides is 1. The number of anilines is 1. The van der Waals surface area contributed by atoms with Crippen LogP contribution in [0, 0.1) is 0 Å². The average Bonchev–Trinajstić information content (AvgIpc) is 3.15. The second-order valence-electron chi connectivity index (χ2n) is 6.37. The van der Waals surface area contributed by atoms with E-state index in [4.69, 9.17) is 16.6 Å². The van der Waals surface area contributed by atoms with E-state index in [0.717, 1.165) is 22.3 Å². The third kappa shape index (κ3) is 3.91. The first-order valence-electron chi connectivity index (χ1n) is 9.01. The number of thiazole rings is 1. The van der Waals surface area contributed by atoms with Gasteiger partial charge in [0.1, 0.15) is 0 Å². The molecular formula is C22H18ClN3OS. The lowest BCUT2D eigenvalue weighted by molar-refractivity contribution is 0.0985. The van der Waals surface area contributed by atoms with Crippen LogP contribution in [0.25, 0.3) is 10.2 Å². The van der Waals surface area contributed by atoms with Crippen LogP contribution >= 0.6 is 22.9 Å². The molecule has 0 atom stereocenters. The third-order valence-corrected chi connectivity index (χ3v) is 5.76. The molecule has 0 saturated heterocycles. The summed E-state index contributed by atoms with van der Waals surface area (Å²) in [5.74, 6) is -0.128. The monoisotopic (exact) mass is 407 g/mol. The first kappa shape index (κ1) is 18.6. The number of nitrogens with zero attached hydrogens (tertiary/aromatic N) is 3. The van der Waals surface area contributed by atoms with Crippen molar-refractivity contribution in [1.29, 1.82) is 0 Å². The minimum atomic E-state index is -0.128. The Morgan fingerprint density at radius 3 is 2.64 bits per heavy atom. The molecule has 1 amide bonds. The summed E-state index contributed by atoms with van der Waals surface area (Å²) < 4.78 is 1.07. The van der Waals surface area contributed by atoms with Crippen LogP contribution in [0.15, 0.2) is 66.9 Å². The molecule has 0 saturated carbocycles. The van der Waals surface area contributed by atoms with Crippen LogP contribution in [-0.4, -0.2) is 15.9 Å². The Bertz CT molecular complexity index is 1110. The molecule has 0 radical (unpaired) electrons. The predicted molar refractivity (Wildman–Crippen MR) is 115 cm³/mol. The molecule has 0 aliphatic carbocycles. The fourth-order valence-electron chi connectivity index (χ4n) is 2.92. The lowest BCUT2D eigenvalue weighted by atomic mass is 10.2. The van der Waals surface area contributed by atoms with Gasteiger partial charge >= 0.3 is 0 Å². The van der Waals surface area contributed by atoms with Crippen LogP contribution in [-0.2, 0) is 13.0 Å². The van der Waals surface area contributed by atoms with Crippen LogP contribution in [0.5, 0.6) is 0 Å². The van der Waals surface area contributed by atoms with Crippen molar-refractivity contribution in [2.75, 3.05) is 4.90 Å². The number of rotatable bonds is 5. The Kier molecular flexibility index (Phi) is 5.37. The zero-order valence-corrected chi connectivity index (χ0v) is 16.9. The summed E-state index contributed by atoms with van der Waals surface area (Å²) >= 11 is 7.50. The van der Waals surface area contributed by atoms with Gasteiger partial charge in [0, 0.05) is 16.8 Å². The van der Waals surface area contributed by atoms with Gasteiger partial charge in [-0.3, -0.25) is 14.7 Å². The van der Waals surface area contributed by atoms with E-state index in [1.807, 2.05) is 24.3 Å². The summed E-state index contributed by atoms with van der Waals surface area (Å²) in [7, 11) is 0. The molecule has 0 aliphatic heterocycles. The van der Waals surface area contributed by atoms with Crippen molar-refractivity contribution in [1.82, 2.24) is 9.97 Å². The molecule has 0 unspecified atom stereocenters. The Hall–Kier alpha value is -2.76.